The van der Waals surface area contributed by atoms with Crippen LogP contribution in [0, 0.1) is 0 Å². The van der Waals surface area contributed by atoms with Crippen LogP contribution in [0.4, 0.5) is 11.6 Å². The molecule has 0 spiro atoms. The first-order chi connectivity index (χ1) is 8.71. The molecule has 0 aromatic carbocycles. The van der Waals surface area contributed by atoms with E-state index in [4.69, 9.17) is 11.6 Å². The van der Waals surface area contributed by atoms with E-state index in [9.17, 15) is 0 Å². The van der Waals surface area contributed by atoms with Crippen molar-refractivity contribution >= 4 is 46.3 Å². The molecule has 0 saturated carbocycles. The van der Waals surface area contributed by atoms with Gasteiger partial charge < -0.3 is 10.6 Å². The maximum absolute atomic E-state index is 5.89. The lowest BCUT2D eigenvalue weighted by Gasteiger charge is -2.07. The van der Waals surface area contributed by atoms with Gasteiger partial charge in [0.2, 0.25) is 0 Å². The van der Waals surface area contributed by atoms with Crippen molar-refractivity contribution in [3.8, 4) is 0 Å². The molecule has 0 aliphatic carbocycles. The van der Waals surface area contributed by atoms with Gasteiger partial charge in [-0.1, -0.05) is 23.4 Å². The van der Waals surface area contributed by atoms with Crippen LogP contribution in [0.1, 0.15) is 4.88 Å². The van der Waals surface area contributed by atoms with Gasteiger partial charge in [-0.05, 0) is 18.4 Å². The topological polar surface area (TPSA) is 49.8 Å². The van der Waals surface area contributed by atoms with Crippen molar-refractivity contribution in [1.82, 2.24) is 9.97 Å². The largest absolute Gasteiger partial charge is 0.373 e. The second kappa shape index (κ2) is 6.26. The maximum atomic E-state index is 5.89. The Morgan fingerprint density at radius 1 is 1.33 bits per heavy atom. The van der Waals surface area contributed by atoms with Crippen LogP contribution in [0.3, 0.4) is 0 Å². The molecule has 0 aliphatic rings. The van der Waals surface area contributed by atoms with Gasteiger partial charge in [0.1, 0.15) is 11.6 Å². The molecule has 0 bridgehead atoms. The molecule has 7 heteroatoms. The Balaban J connectivity index is 2.08. The van der Waals surface area contributed by atoms with E-state index >= 15 is 0 Å². The first-order valence-electron chi connectivity index (χ1n) is 5.30. The summed E-state index contributed by atoms with van der Waals surface area (Å²) in [6.45, 7) is 0.714. The minimum atomic E-state index is 0.714. The first kappa shape index (κ1) is 13.5. The zero-order valence-electron chi connectivity index (χ0n) is 10.0. The molecule has 0 unspecified atom stereocenters. The summed E-state index contributed by atoms with van der Waals surface area (Å²) in [6, 6.07) is 5.79. The van der Waals surface area contributed by atoms with E-state index in [2.05, 4.69) is 20.6 Å². The third-order valence-electron chi connectivity index (χ3n) is 2.22. The third kappa shape index (κ3) is 3.51. The van der Waals surface area contributed by atoms with Crippen molar-refractivity contribution in [3.05, 3.63) is 27.4 Å². The number of aromatic nitrogens is 2. The first-order valence-corrected chi connectivity index (χ1v) is 7.72. The van der Waals surface area contributed by atoms with Gasteiger partial charge in [0.05, 0.1) is 10.9 Å². The molecule has 0 fully saturated rings. The fourth-order valence-electron chi connectivity index (χ4n) is 1.36. The molecule has 0 amide bonds. The minimum Gasteiger partial charge on any atom is -0.373 e. The van der Waals surface area contributed by atoms with Crippen LogP contribution < -0.4 is 10.6 Å². The van der Waals surface area contributed by atoms with E-state index in [1.54, 1.807) is 11.3 Å². The van der Waals surface area contributed by atoms with Crippen LogP contribution in [0.5, 0.6) is 0 Å². The van der Waals surface area contributed by atoms with Gasteiger partial charge >= 0.3 is 0 Å². The number of hydrogen-bond donors (Lipinski definition) is 2. The number of rotatable bonds is 5. The number of thioether (sulfide) groups is 1. The Morgan fingerprint density at radius 2 is 2.11 bits per heavy atom. The number of anilines is 2. The number of halogens is 1. The summed E-state index contributed by atoms with van der Waals surface area (Å²) in [4.78, 5) is 9.88. The number of nitrogens with one attached hydrogen (secondary N) is 2. The van der Waals surface area contributed by atoms with Gasteiger partial charge in [0.15, 0.2) is 5.16 Å². The molecule has 4 nitrogen and oxygen atoms in total. The molecule has 2 aromatic heterocycles. The highest BCUT2D eigenvalue weighted by Gasteiger charge is 2.04. The molecule has 2 rings (SSSR count). The summed E-state index contributed by atoms with van der Waals surface area (Å²) in [5.41, 5.74) is 0. The molecular formula is C11H13ClN4S2. The highest BCUT2D eigenvalue weighted by molar-refractivity contribution is 7.98. The second-order valence-corrected chi connectivity index (χ2v) is 6.01. The van der Waals surface area contributed by atoms with Gasteiger partial charge in [-0.15, -0.1) is 11.3 Å². The minimum absolute atomic E-state index is 0.714. The summed E-state index contributed by atoms with van der Waals surface area (Å²) in [5, 5.41) is 7.04. The quantitative estimate of drug-likeness (QED) is 0.653. The van der Waals surface area contributed by atoms with E-state index in [-0.39, 0.29) is 0 Å². The van der Waals surface area contributed by atoms with Crippen LogP contribution in [0.25, 0.3) is 0 Å². The van der Waals surface area contributed by atoms with E-state index in [1.807, 2.05) is 31.5 Å². The summed E-state index contributed by atoms with van der Waals surface area (Å²) >= 11 is 8.97. The van der Waals surface area contributed by atoms with Crippen LogP contribution >= 0.6 is 34.7 Å². The highest BCUT2D eigenvalue weighted by Crippen LogP contribution is 2.23. The van der Waals surface area contributed by atoms with Crippen molar-refractivity contribution in [2.75, 3.05) is 23.9 Å². The Bertz CT molecular complexity index is 507. The molecule has 18 heavy (non-hydrogen) atoms. The lowest BCUT2D eigenvalue weighted by molar-refractivity contribution is 0.961. The van der Waals surface area contributed by atoms with Crippen LogP contribution in [-0.4, -0.2) is 23.3 Å². The molecule has 0 aliphatic heterocycles. The Morgan fingerprint density at radius 3 is 2.72 bits per heavy atom. The average Bonchev–Trinajstić information content (AvgIpc) is 2.81. The van der Waals surface area contributed by atoms with Crippen LogP contribution in [0.15, 0.2) is 23.4 Å². The smallest absolute Gasteiger partial charge is 0.191 e. The highest BCUT2D eigenvalue weighted by atomic mass is 35.5. The zero-order chi connectivity index (χ0) is 13.0. The van der Waals surface area contributed by atoms with E-state index in [0.29, 0.717) is 6.54 Å². The molecule has 96 valence electrons. The van der Waals surface area contributed by atoms with Gasteiger partial charge in [0, 0.05) is 18.0 Å². The Labute approximate surface area is 119 Å². The predicted octanol–water partition coefficient (Wildman–Crippen LogP) is 3.57. The standard InChI is InChI=1S/C11H13ClN4S2/c1-13-9-5-10(16-11(15-9)17-2)14-6-7-3-4-8(12)18-7/h3-5H,6H2,1-2H3,(H2,13,14,15,16). The number of hydrogen-bond acceptors (Lipinski definition) is 6. The van der Waals surface area contributed by atoms with Crippen molar-refractivity contribution in [3.63, 3.8) is 0 Å². The van der Waals surface area contributed by atoms with Crippen molar-refractivity contribution < 1.29 is 0 Å². The van der Waals surface area contributed by atoms with Gasteiger partial charge in [-0.2, -0.15) is 0 Å². The van der Waals surface area contributed by atoms with Gasteiger partial charge in [-0.25, -0.2) is 9.97 Å². The lowest BCUT2D eigenvalue weighted by atomic mass is 10.4. The Hall–Kier alpha value is -0.980. The van der Waals surface area contributed by atoms with E-state index < -0.39 is 0 Å². The van der Waals surface area contributed by atoms with Crippen molar-refractivity contribution in [1.29, 1.82) is 0 Å². The van der Waals surface area contributed by atoms with Crippen LogP contribution in [0.2, 0.25) is 4.34 Å². The molecule has 0 radical (unpaired) electrons. The summed E-state index contributed by atoms with van der Waals surface area (Å²) < 4.78 is 0.801. The Kier molecular flexibility index (Phi) is 4.68. The molecule has 0 atom stereocenters. The third-order valence-corrected chi connectivity index (χ3v) is 4.00. The molecule has 2 N–H and O–H groups in total. The fourth-order valence-corrected chi connectivity index (χ4v) is 2.77. The summed E-state index contributed by atoms with van der Waals surface area (Å²) in [5.74, 6) is 1.62. The zero-order valence-corrected chi connectivity index (χ0v) is 12.4. The predicted molar refractivity (Wildman–Crippen MR) is 80.0 cm³/mol. The fraction of sp³-hybridized carbons (Fsp3) is 0.273. The molecule has 2 heterocycles. The average molecular weight is 301 g/mol. The van der Waals surface area contributed by atoms with Crippen LogP contribution in [-0.2, 0) is 6.54 Å². The monoisotopic (exact) mass is 300 g/mol. The van der Waals surface area contributed by atoms with Crippen molar-refractivity contribution in [2.45, 2.75) is 11.7 Å². The van der Waals surface area contributed by atoms with E-state index in [1.165, 1.54) is 16.6 Å². The maximum Gasteiger partial charge on any atom is 0.191 e. The van der Waals surface area contributed by atoms with Crippen molar-refractivity contribution in [2.24, 2.45) is 0 Å². The van der Waals surface area contributed by atoms with Gasteiger partial charge in [-0.3, -0.25) is 0 Å². The number of nitrogens with zero attached hydrogens (tertiary/aromatic N) is 2. The SMILES string of the molecule is CNc1cc(NCc2ccc(Cl)s2)nc(SC)n1. The molecular weight excluding hydrogens is 288 g/mol. The summed E-state index contributed by atoms with van der Waals surface area (Å²) in [7, 11) is 1.84. The normalized spacial score (nSPS) is 10.4. The lowest BCUT2D eigenvalue weighted by Crippen LogP contribution is -2.03. The second-order valence-electron chi connectivity index (χ2n) is 3.43. The van der Waals surface area contributed by atoms with Gasteiger partial charge in [0.25, 0.3) is 0 Å². The molecule has 2 aromatic rings. The molecule has 0 saturated heterocycles. The van der Waals surface area contributed by atoms with E-state index in [0.717, 1.165) is 21.1 Å². The summed E-state index contributed by atoms with van der Waals surface area (Å²) in [6.07, 6.45) is 1.96. The number of thiophene rings is 1.